The molecule has 0 aliphatic heterocycles. The lowest BCUT2D eigenvalue weighted by Crippen LogP contribution is -2.38. The van der Waals surface area contributed by atoms with Gasteiger partial charge in [-0.3, -0.25) is 14.4 Å². The number of hydrogen-bond donors (Lipinski definition) is 2. The molecule has 0 spiro atoms. The first-order valence-corrected chi connectivity index (χ1v) is 7.23. The highest BCUT2D eigenvalue weighted by Crippen LogP contribution is 2.20. The van der Waals surface area contributed by atoms with Crippen LogP contribution in [0.1, 0.15) is 31.9 Å². The number of likely N-dealkylation sites (N-methyl/N-ethyl adjacent to an activating group) is 1. The monoisotopic (exact) mass is 326 g/mol. The average molecular weight is 327 g/mol. The molecule has 1 unspecified atom stereocenters. The van der Waals surface area contributed by atoms with Crippen LogP contribution in [-0.2, 0) is 14.4 Å². The number of benzene rings is 1. The van der Waals surface area contributed by atoms with E-state index in [0.29, 0.717) is 11.6 Å². The Morgan fingerprint density at radius 1 is 1.27 bits per heavy atom. The van der Waals surface area contributed by atoms with Crippen molar-refractivity contribution in [2.75, 3.05) is 13.1 Å². The van der Waals surface area contributed by atoms with E-state index in [1.54, 1.807) is 31.2 Å². The maximum absolute atomic E-state index is 12.2. The standard InChI is InChI=1S/C15H19ClN2O4/c1-3-18(9-15(21)22)14(20)8-13(17-10(2)19)11-4-6-12(16)7-5-11/h4-7,13H,3,8-9H2,1-2H3,(H,17,19)(H,21,22). The fourth-order valence-electron chi connectivity index (χ4n) is 2.04. The first-order valence-electron chi connectivity index (χ1n) is 6.85. The number of aliphatic carboxylic acids is 1. The van der Waals surface area contributed by atoms with Gasteiger partial charge in [0.25, 0.3) is 0 Å². The minimum atomic E-state index is -1.07. The highest BCUT2D eigenvalue weighted by molar-refractivity contribution is 6.30. The lowest BCUT2D eigenvalue weighted by Gasteiger charge is -2.23. The van der Waals surface area contributed by atoms with Gasteiger partial charge in [-0.2, -0.15) is 0 Å². The van der Waals surface area contributed by atoms with Gasteiger partial charge < -0.3 is 15.3 Å². The van der Waals surface area contributed by atoms with Crippen LogP contribution in [0.15, 0.2) is 24.3 Å². The maximum atomic E-state index is 12.2. The molecule has 0 aliphatic rings. The summed E-state index contributed by atoms with van der Waals surface area (Å²) < 4.78 is 0. The third kappa shape index (κ3) is 5.73. The van der Waals surface area contributed by atoms with Crippen LogP contribution in [0.25, 0.3) is 0 Å². The molecule has 1 atom stereocenters. The van der Waals surface area contributed by atoms with E-state index in [2.05, 4.69) is 5.32 Å². The second-order valence-electron chi connectivity index (χ2n) is 4.81. The van der Waals surface area contributed by atoms with Crippen LogP contribution in [-0.4, -0.2) is 40.9 Å². The van der Waals surface area contributed by atoms with Gasteiger partial charge in [0.1, 0.15) is 6.54 Å². The Hall–Kier alpha value is -2.08. The number of carboxylic acids is 1. The number of carbonyl (C=O) groups is 3. The second kappa shape index (κ2) is 8.38. The van der Waals surface area contributed by atoms with Crippen molar-refractivity contribution in [3.63, 3.8) is 0 Å². The minimum absolute atomic E-state index is 0.0116. The number of carboxylic acid groups (broad SMARTS) is 1. The van der Waals surface area contributed by atoms with Gasteiger partial charge in [-0.25, -0.2) is 0 Å². The normalized spacial score (nSPS) is 11.6. The summed E-state index contributed by atoms with van der Waals surface area (Å²) in [4.78, 5) is 35.6. The molecule has 0 bridgehead atoms. The van der Waals surface area contributed by atoms with Gasteiger partial charge in [0.15, 0.2) is 0 Å². The molecule has 0 fully saturated rings. The molecule has 0 aromatic heterocycles. The van der Waals surface area contributed by atoms with Gasteiger partial charge in [-0.05, 0) is 24.6 Å². The zero-order chi connectivity index (χ0) is 16.7. The Morgan fingerprint density at radius 3 is 2.32 bits per heavy atom. The van der Waals surface area contributed by atoms with E-state index < -0.39 is 12.0 Å². The summed E-state index contributed by atoms with van der Waals surface area (Å²) in [7, 11) is 0. The smallest absolute Gasteiger partial charge is 0.323 e. The molecule has 1 rings (SSSR count). The zero-order valence-corrected chi connectivity index (χ0v) is 13.3. The van der Waals surface area contributed by atoms with Gasteiger partial charge in [0.05, 0.1) is 12.5 Å². The molecule has 0 heterocycles. The molecule has 2 N–H and O–H groups in total. The molecule has 1 aromatic carbocycles. The summed E-state index contributed by atoms with van der Waals surface area (Å²) in [5, 5.41) is 12.1. The summed E-state index contributed by atoms with van der Waals surface area (Å²) in [6.45, 7) is 3.00. The lowest BCUT2D eigenvalue weighted by molar-refractivity contribution is -0.144. The van der Waals surface area contributed by atoms with Crippen molar-refractivity contribution in [1.29, 1.82) is 0 Å². The van der Waals surface area contributed by atoms with Crippen LogP contribution in [0.3, 0.4) is 0 Å². The van der Waals surface area contributed by atoms with Crippen LogP contribution in [0.5, 0.6) is 0 Å². The molecule has 2 amide bonds. The number of halogens is 1. The molecule has 6 nitrogen and oxygen atoms in total. The topological polar surface area (TPSA) is 86.7 Å². The summed E-state index contributed by atoms with van der Waals surface area (Å²) in [5.41, 5.74) is 0.735. The van der Waals surface area contributed by atoms with Crippen LogP contribution < -0.4 is 5.32 Å². The Labute approximate surface area is 134 Å². The van der Waals surface area contributed by atoms with E-state index in [4.69, 9.17) is 16.7 Å². The molecule has 0 radical (unpaired) electrons. The highest BCUT2D eigenvalue weighted by Gasteiger charge is 2.22. The highest BCUT2D eigenvalue weighted by atomic mass is 35.5. The van der Waals surface area contributed by atoms with Crippen LogP contribution in [0.2, 0.25) is 5.02 Å². The third-order valence-corrected chi connectivity index (χ3v) is 3.34. The van der Waals surface area contributed by atoms with Crippen molar-refractivity contribution in [3.05, 3.63) is 34.9 Å². The van der Waals surface area contributed by atoms with Gasteiger partial charge in [-0.1, -0.05) is 23.7 Å². The van der Waals surface area contributed by atoms with E-state index in [9.17, 15) is 14.4 Å². The summed E-state index contributed by atoms with van der Waals surface area (Å²) in [6.07, 6.45) is -0.0116. The van der Waals surface area contributed by atoms with Crippen molar-refractivity contribution in [3.8, 4) is 0 Å². The van der Waals surface area contributed by atoms with E-state index in [1.165, 1.54) is 11.8 Å². The molecule has 120 valence electrons. The predicted octanol–water partition coefficient (Wildman–Crippen LogP) is 1.84. The number of carbonyl (C=O) groups excluding carboxylic acids is 2. The third-order valence-electron chi connectivity index (χ3n) is 3.09. The maximum Gasteiger partial charge on any atom is 0.323 e. The van der Waals surface area contributed by atoms with Crippen LogP contribution in [0, 0.1) is 0 Å². The van der Waals surface area contributed by atoms with Crippen molar-refractivity contribution < 1.29 is 19.5 Å². The molecule has 0 aliphatic carbocycles. The van der Waals surface area contributed by atoms with Crippen molar-refractivity contribution in [1.82, 2.24) is 10.2 Å². The number of hydrogen-bond acceptors (Lipinski definition) is 3. The first kappa shape index (κ1) is 18.0. The SMILES string of the molecule is CCN(CC(=O)O)C(=O)CC(NC(C)=O)c1ccc(Cl)cc1. The van der Waals surface area contributed by atoms with Gasteiger partial charge in [-0.15, -0.1) is 0 Å². The van der Waals surface area contributed by atoms with Gasteiger partial charge >= 0.3 is 5.97 Å². The van der Waals surface area contributed by atoms with Crippen LogP contribution >= 0.6 is 11.6 Å². The van der Waals surface area contributed by atoms with Crippen molar-refractivity contribution in [2.24, 2.45) is 0 Å². The number of amides is 2. The molecular weight excluding hydrogens is 308 g/mol. The molecular formula is C15H19ClN2O4. The minimum Gasteiger partial charge on any atom is -0.480 e. The Bertz CT molecular complexity index is 545. The van der Waals surface area contributed by atoms with Gasteiger partial charge in [0.2, 0.25) is 11.8 Å². The van der Waals surface area contributed by atoms with Crippen LogP contribution in [0.4, 0.5) is 0 Å². The fraction of sp³-hybridized carbons (Fsp3) is 0.400. The fourth-order valence-corrected chi connectivity index (χ4v) is 2.16. The largest absolute Gasteiger partial charge is 0.480 e. The van der Waals surface area contributed by atoms with Gasteiger partial charge in [0, 0.05) is 18.5 Å². The number of nitrogens with one attached hydrogen (secondary N) is 1. The molecule has 1 aromatic rings. The quantitative estimate of drug-likeness (QED) is 0.800. The van der Waals surface area contributed by atoms with E-state index in [1.807, 2.05) is 0 Å². The predicted molar refractivity (Wildman–Crippen MR) is 82.5 cm³/mol. The first-order chi connectivity index (χ1) is 10.3. The summed E-state index contributed by atoms with van der Waals surface area (Å²) in [6, 6.07) is 6.27. The van der Waals surface area contributed by atoms with Crippen molar-refractivity contribution in [2.45, 2.75) is 26.3 Å². The second-order valence-corrected chi connectivity index (χ2v) is 5.25. The summed E-state index contributed by atoms with van der Waals surface area (Å²) in [5.74, 6) is -1.68. The zero-order valence-electron chi connectivity index (χ0n) is 12.5. The lowest BCUT2D eigenvalue weighted by atomic mass is 10.0. The molecule has 7 heteroatoms. The number of rotatable bonds is 7. The Kier molecular flexibility index (Phi) is 6.85. The molecule has 22 heavy (non-hydrogen) atoms. The average Bonchev–Trinajstić information content (AvgIpc) is 2.44. The Morgan fingerprint density at radius 2 is 1.86 bits per heavy atom. The molecule has 0 saturated heterocycles. The molecule has 0 saturated carbocycles. The van der Waals surface area contributed by atoms with E-state index >= 15 is 0 Å². The summed E-state index contributed by atoms with van der Waals surface area (Å²) >= 11 is 5.83. The van der Waals surface area contributed by atoms with E-state index in [-0.39, 0.29) is 24.8 Å². The Balaban J connectivity index is 2.88. The van der Waals surface area contributed by atoms with E-state index in [0.717, 1.165) is 5.56 Å². The number of nitrogens with zero attached hydrogens (tertiary/aromatic N) is 1. The van der Waals surface area contributed by atoms with Crippen molar-refractivity contribution >= 4 is 29.4 Å².